The van der Waals surface area contributed by atoms with Crippen LogP contribution in [-0.2, 0) is 4.43 Å². The van der Waals surface area contributed by atoms with Gasteiger partial charge in [-0.25, -0.2) is 0 Å². The summed E-state index contributed by atoms with van der Waals surface area (Å²) < 4.78 is 5.98. The number of rotatable bonds is 4. The van der Waals surface area contributed by atoms with Crippen molar-refractivity contribution in [2.45, 2.75) is 32.2 Å². The van der Waals surface area contributed by atoms with Crippen LogP contribution < -0.4 is 0 Å². The van der Waals surface area contributed by atoms with E-state index in [0.717, 1.165) is 5.56 Å². The van der Waals surface area contributed by atoms with E-state index in [1.807, 2.05) is 24.3 Å². The second-order valence-electron chi connectivity index (χ2n) is 4.64. The van der Waals surface area contributed by atoms with Crippen molar-refractivity contribution in [3.05, 3.63) is 34.9 Å². The van der Waals surface area contributed by atoms with Crippen LogP contribution in [0.5, 0.6) is 0 Å². The van der Waals surface area contributed by atoms with Crippen molar-refractivity contribution in [2.24, 2.45) is 0 Å². The standard InChI is InChI=1S/C12H16ClNOSi/c1-16(2,3)15-12(7-8-14)10-5-4-6-11(13)9-10/h4-6,9,12H,7H2,1-3H3. The van der Waals surface area contributed by atoms with Crippen LogP contribution in [0.4, 0.5) is 0 Å². The lowest BCUT2D eigenvalue weighted by Crippen LogP contribution is -2.27. The molecular weight excluding hydrogens is 238 g/mol. The quantitative estimate of drug-likeness (QED) is 0.756. The van der Waals surface area contributed by atoms with E-state index in [1.165, 1.54) is 0 Å². The Hall–Kier alpha value is -0.823. The zero-order valence-electron chi connectivity index (χ0n) is 9.83. The number of benzene rings is 1. The molecule has 4 heteroatoms. The van der Waals surface area contributed by atoms with Gasteiger partial charge in [0, 0.05) is 5.02 Å². The van der Waals surface area contributed by atoms with E-state index < -0.39 is 8.32 Å². The van der Waals surface area contributed by atoms with Crippen LogP contribution >= 0.6 is 11.6 Å². The normalized spacial score (nSPS) is 13.2. The first-order chi connectivity index (χ1) is 7.42. The Morgan fingerprint density at radius 2 is 2.12 bits per heavy atom. The lowest BCUT2D eigenvalue weighted by Gasteiger charge is -2.25. The Morgan fingerprint density at radius 1 is 1.44 bits per heavy atom. The first kappa shape index (κ1) is 13.2. The van der Waals surface area contributed by atoms with Gasteiger partial charge in [-0.3, -0.25) is 0 Å². The molecule has 0 fully saturated rings. The maximum atomic E-state index is 8.82. The summed E-state index contributed by atoms with van der Waals surface area (Å²) in [7, 11) is -1.65. The van der Waals surface area contributed by atoms with E-state index in [9.17, 15) is 0 Å². The molecule has 0 spiro atoms. The highest BCUT2D eigenvalue weighted by Gasteiger charge is 2.22. The summed E-state index contributed by atoms with van der Waals surface area (Å²) in [5.41, 5.74) is 0.983. The second kappa shape index (κ2) is 5.49. The summed E-state index contributed by atoms with van der Waals surface area (Å²) in [4.78, 5) is 0. The average molecular weight is 254 g/mol. The first-order valence-corrected chi connectivity index (χ1v) is 9.01. The van der Waals surface area contributed by atoms with Gasteiger partial charge in [-0.2, -0.15) is 5.26 Å². The highest BCUT2D eigenvalue weighted by atomic mass is 35.5. The van der Waals surface area contributed by atoms with Gasteiger partial charge in [0.05, 0.1) is 18.6 Å². The fraction of sp³-hybridized carbons (Fsp3) is 0.417. The zero-order valence-corrected chi connectivity index (χ0v) is 11.6. The lowest BCUT2D eigenvalue weighted by atomic mass is 10.1. The van der Waals surface area contributed by atoms with Crippen LogP contribution in [0, 0.1) is 11.3 Å². The monoisotopic (exact) mass is 253 g/mol. The molecule has 86 valence electrons. The predicted octanol–water partition coefficient (Wildman–Crippen LogP) is 4.15. The van der Waals surface area contributed by atoms with Gasteiger partial charge in [0.15, 0.2) is 8.32 Å². The molecule has 2 nitrogen and oxygen atoms in total. The largest absolute Gasteiger partial charge is 0.410 e. The molecule has 0 radical (unpaired) electrons. The number of hydrogen-bond acceptors (Lipinski definition) is 2. The number of halogens is 1. The highest BCUT2D eigenvalue weighted by Crippen LogP contribution is 2.26. The van der Waals surface area contributed by atoms with Gasteiger partial charge in [0.1, 0.15) is 0 Å². The molecule has 0 amide bonds. The minimum Gasteiger partial charge on any atom is -0.410 e. The smallest absolute Gasteiger partial charge is 0.184 e. The van der Waals surface area contributed by atoms with Crippen molar-refractivity contribution in [2.75, 3.05) is 0 Å². The van der Waals surface area contributed by atoms with Crippen LogP contribution in [0.3, 0.4) is 0 Å². The molecule has 1 atom stereocenters. The zero-order chi connectivity index (χ0) is 12.2. The van der Waals surface area contributed by atoms with Crippen molar-refractivity contribution in [1.82, 2.24) is 0 Å². The Kier molecular flexibility index (Phi) is 4.54. The molecule has 0 heterocycles. The molecule has 16 heavy (non-hydrogen) atoms. The third kappa shape index (κ3) is 4.36. The van der Waals surface area contributed by atoms with E-state index in [4.69, 9.17) is 21.3 Å². The summed E-state index contributed by atoms with van der Waals surface area (Å²) in [6.07, 6.45) is 0.209. The van der Waals surface area contributed by atoms with Crippen LogP contribution in [0.2, 0.25) is 24.7 Å². The van der Waals surface area contributed by atoms with Crippen LogP contribution in [0.15, 0.2) is 24.3 Å². The van der Waals surface area contributed by atoms with Gasteiger partial charge in [-0.05, 0) is 37.3 Å². The van der Waals surface area contributed by atoms with E-state index in [0.29, 0.717) is 11.4 Å². The molecule has 1 rings (SSSR count). The number of hydrogen-bond donors (Lipinski definition) is 0. The van der Waals surface area contributed by atoms with Gasteiger partial charge in [0.25, 0.3) is 0 Å². The molecule has 0 aliphatic heterocycles. The van der Waals surface area contributed by atoms with Crippen molar-refractivity contribution < 1.29 is 4.43 Å². The average Bonchev–Trinajstić information content (AvgIpc) is 2.15. The lowest BCUT2D eigenvalue weighted by molar-refractivity contribution is 0.203. The molecule has 0 saturated carbocycles. The molecule has 1 unspecified atom stereocenters. The minimum atomic E-state index is -1.65. The number of nitriles is 1. The summed E-state index contributed by atoms with van der Waals surface area (Å²) >= 11 is 5.93. The maximum absolute atomic E-state index is 8.82. The van der Waals surface area contributed by atoms with Crippen LogP contribution in [-0.4, -0.2) is 8.32 Å². The molecular formula is C12H16ClNOSi. The van der Waals surface area contributed by atoms with Crippen molar-refractivity contribution in [1.29, 1.82) is 5.26 Å². The fourth-order valence-electron chi connectivity index (χ4n) is 1.44. The van der Waals surface area contributed by atoms with E-state index in [-0.39, 0.29) is 6.10 Å². The summed E-state index contributed by atoms with van der Waals surface area (Å²) in [6, 6.07) is 9.69. The van der Waals surface area contributed by atoms with Crippen molar-refractivity contribution >= 4 is 19.9 Å². The molecule has 0 aliphatic rings. The van der Waals surface area contributed by atoms with Gasteiger partial charge in [0.2, 0.25) is 0 Å². The van der Waals surface area contributed by atoms with Crippen molar-refractivity contribution in [3.8, 4) is 6.07 Å². The molecule has 0 N–H and O–H groups in total. The van der Waals surface area contributed by atoms with Crippen molar-refractivity contribution in [3.63, 3.8) is 0 Å². The molecule has 0 saturated heterocycles. The molecule has 0 aliphatic carbocycles. The van der Waals surface area contributed by atoms with Crippen LogP contribution in [0.25, 0.3) is 0 Å². The Balaban J connectivity index is 2.90. The summed E-state index contributed by atoms with van der Waals surface area (Å²) in [5, 5.41) is 9.50. The predicted molar refractivity (Wildman–Crippen MR) is 68.9 cm³/mol. The Morgan fingerprint density at radius 3 is 2.62 bits per heavy atom. The topological polar surface area (TPSA) is 33.0 Å². The highest BCUT2D eigenvalue weighted by molar-refractivity contribution is 6.69. The van der Waals surface area contributed by atoms with Gasteiger partial charge >= 0.3 is 0 Å². The summed E-state index contributed by atoms with van der Waals surface area (Å²) in [6.45, 7) is 6.34. The van der Waals surface area contributed by atoms with Crippen LogP contribution in [0.1, 0.15) is 18.1 Å². The second-order valence-corrected chi connectivity index (χ2v) is 9.53. The van der Waals surface area contributed by atoms with Gasteiger partial charge in [-0.15, -0.1) is 0 Å². The SMILES string of the molecule is C[Si](C)(C)OC(CC#N)c1cccc(Cl)c1. The molecule has 0 bridgehead atoms. The Labute approximate surface area is 103 Å². The van der Waals surface area contributed by atoms with E-state index in [1.54, 1.807) is 0 Å². The minimum absolute atomic E-state index is 0.157. The van der Waals surface area contributed by atoms with E-state index in [2.05, 4.69) is 25.7 Å². The molecule has 0 aromatic heterocycles. The summed E-state index contributed by atoms with van der Waals surface area (Å²) in [5.74, 6) is 0. The molecule has 1 aromatic carbocycles. The van der Waals surface area contributed by atoms with Gasteiger partial charge < -0.3 is 4.43 Å². The van der Waals surface area contributed by atoms with E-state index >= 15 is 0 Å². The Bertz CT molecular complexity index is 395. The maximum Gasteiger partial charge on any atom is 0.184 e. The first-order valence-electron chi connectivity index (χ1n) is 5.22. The number of nitrogens with zero attached hydrogens (tertiary/aromatic N) is 1. The third-order valence-corrected chi connectivity index (χ3v) is 3.22. The fourth-order valence-corrected chi connectivity index (χ4v) is 2.72. The third-order valence-electron chi connectivity index (χ3n) is 1.99. The van der Waals surface area contributed by atoms with Gasteiger partial charge in [-0.1, -0.05) is 23.7 Å². The molecule has 1 aromatic rings.